The van der Waals surface area contributed by atoms with Crippen LogP contribution in [0.25, 0.3) is 0 Å². The highest BCUT2D eigenvalue weighted by atomic mass is 32.2. The molecule has 2 aliphatic rings. The molecule has 0 spiro atoms. The molecule has 0 radical (unpaired) electrons. The first-order chi connectivity index (χ1) is 21.4. The molecule has 6 atom stereocenters. The third-order valence-corrected chi connectivity index (χ3v) is 10.1. The number of sulfonamides is 1. The number of carbonyl (C=O) groups excluding carboxylic acids is 1. The monoisotopic (exact) mass is 647 g/mol. The van der Waals surface area contributed by atoms with Crippen LogP contribution < -0.4 is 14.8 Å². The quantitative estimate of drug-likeness (QED) is 0.250. The lowest BCUT2D eigenvalue weighted by Gasteiger charge is -2.36. The molecule has 2 saturated heterocycles. The van der Waals surface area contributed by atoms with Crippen molar-refractivity contribution in [1.29, 1.82) is 0 Å². The first kappa shape index (κ1) is 35.1. The van der Waals surface area contributed by atoms with Crippen molar-refractivity contribution in [3.8, 4) is 5.75 Å². The third kappa shape index (κ3) is 10.1. The number of hydrogen-bond acceptors (Lipinski definition) is 9. The van der Waals surface area contributed by atoms with E-state index in [-0.39, 0.29) is 35.5 Å². The van der Waals surface area contributed by atoms with E-state index in [9.17, 15) is 18.3 Å². The van der Waals surface area contributed by atoms with E-state index in [0.29, 0.717) is 18.8 Å². The van der Waals surface area contributed by atoms with Crippen LogP contribution >= 0.6 is 0 Å². The molecule has 45 heavy (non-hydrogen) atoms. The van der Waals surface area contributed by atoms with Crippen molar-refractivity contribution < 1.29 is 37.3 Å². The number of aliphatic hydroxyl groups is 1. The summed E-state index contributed by atoms with van der Waals surface area (Å²) in [5, 5.41) is 14.9. The molecule has 0 bridgehead atoms. The second-order valence-electron chi connectivity index (χ2n) is 13.1. The summed E-state index contributed by atoms with van der Waals surface area (Å²) in [4.78, 5) is 15.4. The molecule has 0 saturated carbocycles. The summed E-state index contributed by atoms with van der Waals surface area (Å²) >= 11 is 0. The number of nitrogens with zero attached hydrogens (tertiary/aromatic N) is 1. The van der Waals surface area contributed by atoms with Crippen molar-refractivity contribution in [2.45, 2.75) is 81.4 Å². The minimum absolute atomic E-state index is 0.0414. The normalized spacial score (nSPS) is 22.1. The Morgan fingerprint density at radius 3 is 2.47 bits per heavy atom. The van der Waals surface area contributed by atoms with E-state index < -0.39 is 40.4 Å². The summed E-state index contributed by atoms with van der Waals surface area (Å²) in [5.74, 6) is 0.488. The maximum absolute atomic E-state index is 13.7. The molecule has 250 valence electrons. The number of benzene rings is 2. The fourth-order valence-electron chi connectivity index (χ4n) is 6.10. The van der Waals surface area contributed by atoms with E-state index >= 15 is 0 Å². The average Bonchev–Trinajstić information content (AvgIpc) is 3.61. The Labute approximate surface area is 267 Å². The van der Waals surface area contributed by atoms with Gasteiger partial charge >= 0.3 is 6.09 Å². The van der Waals surface area contributed by atoms with Crippen LogP contribution in [0.1, 0.15) is 45.1 Å². The molecular formula is C33H49N3O8S. The second-order valence-corrected chi connectivity index (χ2v) is 14.8. The van der Waals surface area contributed by atoms with E-state index in [4.69, 9.17) is 18.9 Å². The Morgan fingerprint density at radius 1 is 1.09 bits per heavy atom. The van der Waals surface area contributed by atoms with Gasteiger partial charge in [-0.1, -0.05) is 44.2 Å². The van der Waals surface area contributed by atoms with Crippen LogP contribution in [0.2, 0.25) is 0 Å². The first-order valence-corrected chi connectivity index (χ1v) is 17.1. The zero-order chi connectivity index (χ0) is 32.6. The minimum atomic E-state index is -4.05. The smallest absolute Gasteiger partial charge is 0.407 e. The number of fused-ring (bicyclic) bond motifs is 1. The molecule has 0 aliphatic carbocycles. The molecule has 2 aromatic rings. The lowest BCUT2D eigenvalue weighted by atomic mass is 9.79. The molecule has 1 unspecified atom stereocenters. The van der Waals surface area contributed by atoms with Crippen LogP contribution in [0, 0.1) is 11.3 Å². The van der Waals surface area contributed by atoms with Crippen LogP contribution in [0.15, 0.2) is 59.5 Å². The first-order valence-electron chi connectivity index (χ1n) is 15.6. The predicted octanol–water partition coefficient (Wildman–Crippen LogP) is 3.56. The molecule has 2 aliphatic heterocycles. The maximum atomic E-state index is 13.7. The summed E-state index contributed by atoms with van der Waals surface area (Å²) in [6.07, 6.45) is 0.208. The zero-order valence-corrected chi connectivity index (χ0v) is 27.8. The lowest BCUT2D eigenvalue weighted by molar-refractivity contribution is -0.0907. The van der Waals surface area contributed by atoms with Crippen LogP contribution in [-0.4, -0.2) is 96.1 Å². The number of ether oxygens (including phenoxy) is 4. The van der Waals surface area contributed by atoms with Gasteiger partial charge in [-0.25, -0.2) is 17.9 Å². The lowest BCUT2D eigenvalue weighted by Crippen LogP contribution is -2.56. The molecule has 4 rings (SSSR count). The Bertz CT molecular complexity index is 1320. The number of carbonyl (C=O) groups is 1. The van der Waals surface area contributed by atoms with Crippen molar-refractivity contribution in [3.05, 3.63) is 60.2 Å². The molecule has 11 nitrogen and oxygen atoms in total. The minimum Gasteiger partial charge on any atom is -0.497 e. The number of nitrogens with one attached hydrogen (secondary N) is 2. The van der Waals surface area contributed by atoms with Crippen LogP contribution in [-0.2, 0) is 30.7 Å². The van der Waals surface area contributed by atoms with E-state index in [0.717, 1.165) is 31.4 Å². The SMILES string of the molecule is COc1ccc(S(=O)(=O)NC(CC(C)(C)CCCN(C)C)[C@H](O)[C@H](Cc2ccccc2)NC(=O)O[C@H]2CO[C@H]3OCC[C@H]32)cc1. The van der Waals surface area contributed by atoms with Crippen LogP contribution in [0.3, 0.4) is 0 Å². The molecule has 3 N–H and O–H groups in total. The molecule has 2 fully saturated rings. The van der Waals surface area contributed by atoms with Crippen molar-refractivity contribution in [1.82, 2.24) is 14.9 Å². The van der Waals surface area contributed by atoms with Gasteiger partial charge in [0, 0.05) is 0 Å². The van der Waals surface area contributed by atoms with Gasteiger partial charge < -0.3 is 34.3 Å². The van der Waals surface area contributed by atoms with Crippen molar-refractivity contribution in [3.63, 3.8) is 0 Å². The highest BCUT2D eigenvalue weighted by Crippen LogP contribution is 2.34. The van der Waals surface area contributed by atoms with Gasteiger partial charge in [0.1, 0.15) is 11.9 Å². The Balaban J connectivity index is 1.58. The Kier molecular flexibility index (Phi) is 12.3. The topological polar surface area (TPSA) is 136 Å². The number of amides is 1. The average molecular weight is 648 g/mol. The molecule has 0 aromatic heterocycles. The summed E-state index contributed by atoms with van der Waals surface area (Å²) in [7, 11) is 1.49. The van der Waals surface area contributed by atoms with Gasteiger partial charge in [-0.05, 0) is 88.0 Å². The van der Waals surface area contributed by atoms with Crippen molar-refractivity contribution in [2.75, 3.05) is 41.0 Å². The van der Waals surface area contributed by atoms with E-state index in [1.165, 1.54) is 19.2 Å². The summed E-state index contributed by atoms with van der Waals surface area (Å²) in [5.41, 5.74) is 0.540. The van der Waals surface area contributed by atoms with E-state index in [2.05, 4.69) is 28.8 Å². The van der Waals surface area contributed by atoms with Gasteiger partial charge in [-0.3, -0.25) is 0 Å². The van der Waals surface area contributed by atoms with E-state index in [1.807, 2.05) is 44.4 Å². The van der Waals surface area contributed by atoms with Gasteiger partial charge in [0.15, 0.2) is 6.29 Å². The van der Waals surface area contributed by atoms with Gasteiger partial charge in [-0.15, -0.1) is 0 Å². The number of hydrogen-bond donors (Lipinski definition) is 3. The van der Waals surface area contributed by atoms with E-state index in [1.54, 1.807) is 12.1 Å². The fraction of sp³-hybridized carbons (Fsp3) is 0.606. The standard InChI is InChI=1S/C33H49N3O8S/c1-33(2,17-9-18-36(3)4)21-28(35-45(39,40)25-14-12-24(41-5)13-15-25)30(37)27(20-23-10-7-6-8-11-23)34-32(38)44-29-22-43-31-26(29)16-19-42-31/h6-8,10-15,26-31,35,37H,9,16-22H2,1-5H3,(H,34,38)/t26-,27-,28?,29-,30+,31+/m0/s1. The molecule has 12 heteroatoms. The summed E-state index contributed by atoms with van der Waals surface area (Å²) < 4.78 is 52.3. The van der Waals surface area contributed by atoms with Crippen LogP contribution in [0.4, 0.5) is 4.79 Å². The number of aliphatic hydroxyl groups excluding tert-OH is 1. The molecule has 2 heterocycles. The van der Waals surface area contributed by atoms with Gasteiger partial charge in [0.2, 0.25) is 10.0 Å². The van der Waals surface area contributed by atoms with Crippen LogP contribution in [0.5, 0.6) is 5.75 Å². The number of rotatable bonds is 16. The Morgan fingerprint density at radius 2 is 1.80 bits per heavy atom. The highest BCUT2D eigenvalue weighted by Gasteiger charge is 2.44. The zero-order valence-electron chi connectivity index (χ0n) is 27.0. The van der Waals surface area contributed by atoms with Crippen molar-refractivity contribution in [2.24, 2.45) is 11.3 Å². The molecule has 2 aromatic carbocycles. The van der Waals surface area contributed by atoms with Gasteiger partial charge in [-0.2, -0.15) is 0 Å². The molecule has 1 amide bonds. The number of methoxy groups -OCH3 is 1. The third-order valence-electron chi connectivity index (χ3n) is 8.58. The maximum Gasteiger partial charge on any atom is 0.407 e. The summed E-state index contributed by atoms with van der Waals surface area (Å²) in [6, 6.07) is 13.7. The second kappa shape index (κ2) is 15.7. The largest absolute Gasteiger partial charge is 0.497 e. The number of alkyl carbamates (subject to hydrolysis) is 1. The Hall–Kier alpha value is -2.74. The molecular weight excluding hydrogens is 598 g/mol. The highest BCUT2D eigenvalue weighted by molar-refractivity contribution is 7.89. The van der Waals surface area contributed by atoms with Crippen molar-refractivity contribution >= 4 is 16.1 Å². The van der Waals surface area contributed by atoms with Gasteiger partial charge in [0.25, 0.3) is 0 Å². The summed E-state index contributed by atoms with van der Waals surface area (Å²) in [6.45, 7) is 5.80. The van der Waals surface area contributed by atoms with Gasteiger partial charge in [0.05, 0.1) is 49.3 Å². The predicted molar refractivity (Wildman–Crippen MR) is 170 cm³/mol. The fourth-order valence-corrected chi connectivity index (χ4v) is 7.35.